The fourth-order valence-corrected chi connectivity index (χ4v) is 9.53. The Morgan fingerprint density at radius 1 is 0.450 bits per heavy atom. The van der Waals surface area contributed by atoms with Crippen LogP contribution in [0.3, 0.4) is 0 Å². The van der Waals surface area contributed by atoms with Gasteiger partial charge >= 0.3 is 0 Å². The number of allylic oxidation sites excluding steroid dienone is 21. The van der Waals surface area contributed by atoms with Crippen molar-refractivity contribution in [3.8, 4) is 0 Å². The molecule has 0 aromatic carbocycles. The summed E-state index contributed by atoms with van der Waals surface area (Å²) in [6.07, 6.45) is 91.2. The molecule has 0 spiro atoms. The molecule has 0 aliphatic heterocycles. The van der Waals surface area contributed by atoms with E-state index < -0.39 is 26.6 Å². The molecule has 0 saturated heterocycles. The van der Waals surface area contributed by atoms with Crippen molar-refractivity contribution < 1.29 is 32.9 Å². The summed E-state index contributed by atoms with van der Waals surface area (Å²) >= 11 is 0. The number of likely N-dealkylation sites (N-methyl/N-ethyl adjacent to an activating group) is 1. The van der Waals surface area contributed by atoms with Crippen LogP contribution in [0, 0.1) is 0 Å². The van der Waals surface area contributed by atoms with Crippen LogP contribution in [0.4, 0.5) is 0 Å². The average molecular weight is 1130 g/mol. The Hall–Kier alpha value is -3.36. The Balaban J connectivity index is 4.28. The molecule has 0 aromatic heterocycles. The topological polar surface area (TPSA) is 108 Å². The lowest BCUT2D eigenvalue weighted by molar-refractivity contribution is -0.870. The SMILES string of the molecule is CC/C=C\C/C=C\C/C=C\C/C=C\C/C=C\C/C=C\C/C=C\C/C=C\C/C=C\CCCCCCCC(=O)NC(COP(=O)([O-])OCC[N+](C)(C)C)C(O)/C=C/CC/C=C/CCCCCCCCCCCCCCCCCCCCC. The molecule has 0 bridgehead atoms. The molecule has 0 aliphatic carbocycles. The van der Waals surface area contributed by atoms with Gasteiger partial charge in [-0.15, -0.1) is 0 Å². The van der Waals surface area contributed by atoms with Crippen molar-refractivity contribution in [3.63, 3.8) is 0 Å². The maximum atomic E-state index is 13.0. The summed E-state index contributed by atoms with van der Waals surface area (Å²) in [5.41, 5.74) is 0. The minimum absolute atomic E-state index is 0.0176. The van der Waals surface area contributed by atoms with Crippen LogP contribution < -0.4 is 10.2 Å². The number of nitrogens with zero attached hydrogens (tertiary/aromatic N) is 1. The lowest BCUT2D eigenvalue weighted by Crippen LogP contribution is -2.45. The maximum Gasteiger partial charge on any atom is 0.268 e. The zero-order valence-corrected chi connectivity index (χ0v) is 53.1. The second-order valence-corrected chi connectivity index (χ2v) is 24.1. The summed E-state index contributed by atoms with van der Waals surface area (Å²) in [5, 5.41) is 13.9. The molecule has 2 N–H and O–H groups in total. The van der Waals surface area contributed by atoms with E-state index >= 15 is 0 Å². The number of hydrogen-bond acceptors (Lipinski definition) is 6. The molecule has 0 aliphatic rings. The molecule has 9 heteroatoms. The third-order valence-corrected chi connectivity index (χ3v) is 14.8. The molecular weight excluding hydrogens is 1010 g/mol. The Bertz CT molecular complexity index is 1760. The quantitative estimate of drug-likeness (QED) is 0.0272. The molecule has 3 unspecified atom stereocenters. The van der Waals surface area contributed by atoms with E-state index in [2.05, 4.69) is 141 Å². The lowest BCUT2D eigenvalue weighted by atomic mass is 10.0. The number of unbranched alkanes of at least 4 members (excludes halogenated alkanes) is 25. The van der Waals surface area contributed by atoms with E-state index in [1.54, 1.807) is 6.08 Å². The van der Waals surface area contributed by atoms with E-state index in [0.29, 0.717) is 17.4 Å². The van der Waals surface area contributed by atoms with Gasteiger partial charge < -0.3 is 28.8 Å². The molecule has 80 heavy (non-hydrogen) atoms. The van der Waals surface area contributed by atoms with Crippen LogP contribution in [-0.4, -0.2) is 68.5 Å². The highest BCUT2D eigenvalue weighted by Gasteiger charge is 2.23. The Morgan fingerprint density at radius 3 is 1.16 bits per heavy atom. The van der Waals surface area contributed by atoms with Crippen molar-refractivity contribution >= 4 is 13.7 Å². The number of hydrogen-bond donors (Lipinski definition) is 2. The monoisotopic (exact) mass is 1130 g/mol. The predicted octanol–water partition coefficient (Wildman–Crippen LogP) is 20.0. The van der Waals surface area contributed by atoms with E-state index in [1.807, 2.05) is 27.2 Å². The first-order valence-electron chi connectivity index (χ1n) is 32.5. The van der Waals surface area contributed by atoms with Crippen LogP contribution >= 0.6 is 7.82 Å². The Kier molecular flexibility index (Phi) is 57.7. The summed E-state index contributed by atoms with van der Waals surface area (Å²) in [6, 6.07) is -0.926. The van der Waals surface area contributed by atoms with E-state index in [9.17, 15) is 19.4 Å². The van der Waals surface area contributed by atoms with E-state index in [0.717, 1.165) is 116 Å². The third kappa shape index (κ3) is 62.2. The number of phosphoric acid groups is 1. The van der Waals surface area contributed by atoms with Crippen molar-refractivity contribution in [2.45, 2.75) is 270 Å². The second kappa shape index (κ2) is 60.2. The van der Waals surface area contributed by atoms with E-state index in [1.165, 1.54) is 122 Å². The molecule has 0 rings (SSSR count). The molecule has 0 aromatic rings. The second-order valence-electron chi connectivity index (χ2n) is 22.7. The molecule has 8 nitrogen and oxygen atoms in total. The van der Waals surface area contributed by atoms with Crippen LogP contribution in [0.1, 0.15) is 258 Å². The van der Waals surface area contributed by atoms with Crippen LogP contribution in [0.5, 0.6) is 0 Å². The summed E-state index contributed by atoms with van der Waals surface area (Å²) in [5.74, 6) is -0.230. The number of nitrogens with one attached hydrogen (secondary N) is 1. The number of quaternary nitrogens is 1. The standard InChI is InChI=1S/C71H123N2O6P/c1-6-8-10-12-14-16-18-20-22-24-26-28-30-32-33-34-35-36-37-38-39-41-43-45-47-49-51-53-55-57-59-61-63-65-71(75)72-69(68-79-80(76,77)78-67-66-73(3,4)5)70(74)64-62-60-58-56-54-52-50-48-46-44-42-40-31-29-27-25-23-21-19-17-15-13-11-9-7-2/h8,10,14,16,20,22,26,28,32-33,35-36,38-39,43,45,49,51,54,56,62,64,69-70,74H,6-7,9,11-13,15,17-19,21,23-25,27,29-31,34,37,40-42,44,46-48,50,52-53,55,57-61,63,65-68H2,1-5H3,(H-,72,75,76,77)/b10-8-,16-14-,22-20-,28-26-,33-32-,36-35-,39-38-,45-43-,51-49-,56-54+,64-62+. The fraction of sp³-hybridized carbons (Fsp3) is 0.676. The number of phosphoric ester groups is 1. The van der Waals surface area contributed by atoms with Crippen molar-refractivity contribution in [3.05, 3.63) is 134 Å². The van der Waals surface area contributed by atoms with E-state index in [-0.39, 0.29) is 12.5 Å². The first kappa shape index (κ1) is 76.6. The predicted molar refractivity (Wildman–Crippen MR) is 348 cm³/mol. The molecule has 1 amide bonds. The molecular formula is C71H123N2O6P. The fourth-order valence-electron chi connectivity index (χ4n) is 8.81. The number of rotatable bonds is 58. The third-order valence-electron chi connectivity index (χ3n) is 13.8. The van der Waals surface area contributed by atoms with Gasteiger partial charge in [-0.05, 0) is 103 Å². The largest absolute Gasteiger partial charge is 0.756 e. The van der Waals surface area contributed by atoms with Gasteiger partial charge in [0.05, 0.1) is 39.9 Å². The van der Waals surface area contributed by atoms with Crippen molar-refractivity contribution in [2.75, 3.05) is 40.9 Å². The minimum Gasteiger partial charge on any atom is -0.756 e. The highest BCUT2D eigenvalue weighted by atomic mass is 31.2. The van der Waals surface area contributed by atoms with Gasteiger partial charge in [0.1, 0.15) is 13.2 Å². The molecule has 0 radical (unpaired) electrons. The normalized spacial score (nSPS) is 14.6. The van der Waals surface area contributed by atoms with Crippen molar-refractivity contribution in [1.82, 2.24) is 5.32 Å². The summed E-state index contributed by atoms with van der Waals surface area (Å²) < 4.78 is 23.4. The summed E-state index contributed by atoms with van der Waals surface area (Å²) in [4.78, 5) is 25.6. The van der Waals surface area contributed by atoms with Crippen molar-refractivity contribution in [1.29, 1.82) is 0 Å². The first-order chi connectivity index (χ1) is 39.0. The Labute approximate surface area is 494 Å². The number of aliphatic hydroxyl groups is 1. The van der Waals surface area contributed by atoms with Crippen molar-refractivity contribution in [2.24, 2.45) is 0 Å². The van der Waals surface area contributed by atoms with Crippen LogP contribution in [0.2, 0.25) is 0 Å². The van der Waals surface area contributed by atoms with Gasteiger partial charge in [0, 0.05) is 6.42 Å². The number of carbonyl (C=O) groups excluding carboxylic acids is 1. The molecule has 0 fully saturated rings. The van der Waals surface area contributed by atoms with Gasteiger partial charge in [-0.25, -0.2) is 0 Å². The zero-order valence-electron chi connectivity index (χ0n) is 52.2. The van der Waals surface area contributed by atoms with Crippen LogP contribution in [-0.2, 0) is 18.4 Å². The number of aliphatic hydroxyl groups excluding tert-OH is 1. The first-order valence-corrected chi connectivity index (χ1v) is 34.0. The Morgan fingerprint density at radius 2 is 0.775 bits per heavy atom. The van der Waals surface area contributed by atoms with Crippen LogP contribution in [0.15, 0.2) is 134 Å². The average Bonchev–Trinajstić information content (AvgIpc) is 3.42. The van der Waals surface area contributed by atoms with Crippen LogP contribution in [0.25, 0.3) is 0 Å². The highest BCUT2D eigenvalue weighted by molar-refractivity contribution is 7.45. The van der Waals surface area contributed by atoms with Gasteiger partial charge in [-0.2, -0.15) is 0 Å². The smallest absolute Gasteiger partial charge is 0.268 e. The minimum atomic E-state index is -4.63. The van der Waals surface area contributed by atoms with Gasteiger partial charge in [0.2, 0.25) is 5.91 Å². The van der Waals surface area contributed by atoms with Gasteiger partial charge in [0.15, 0.2) is 0 Å². The number of amides is 1. The molecule has 458 valence electrons. The maximum absolute atomic E-state index is 13.0. The molecule has 0 heterocycles. The summed E-state index contributed by atoms with van der Waals surface area (Å²) in [6.45, 7) is 4.50. The number of carbonyl (C=O) groups is 1. The van der Waals surface area contributed by atoms with Gasteiger partial charge in [-0.1, -0.05) is 282 Å². The summed E-state index contributed by atoms with van der Waals surface area (Å²) in [7, 11) is 1.21. The zero-order chi connectivity index (χ0) is 58.4. The highest BCUT2D eigenvalue weighted by Crippen LogP contribution is 2.38. The van der Waals surface area contributed by atoms with Gasteiger partial charge in [0.25, 0.3) is 7.82 Å². The molecule has 0 saturated carbocycles. The van der Waals surface area contributed by atoms with E-state index in [4.69, 9.17) is 9.05 Å². The molecule has 3 atom stereocenters. The lowest BCUT2D eigenvalue weighted by Gasteiger charge is -2.29. The van der Waals surface area contributed by atoms with Gasteiger partial charge in [-0.3, -0.25) is 9.36 Å².